The van der Waals surface area contributed by atoms with Gasteiger partial charge in [-0.05, 0) is 31.4 Å². The maximum atomic E-state index is 12.8. The number of rotatable bonds is 7. The normalized spacial score (nSPS) is 14.1. The molecule has 11 heteroatoms. The molecule has 3 heterocycles. The van der Waals surface area contributed by atoms with Crippen LogP contribution in [0.5, 0.6) is 0 Å². The van der Waals surface area contributed by atoms with Crippen LogP contribution in [0.25, 0.3) is 21.7 Å². The van der Waals surface area contributed by atoms with E-state index in [0.717, 1.165) is 6.26 Å². The molecule has 178 valence electrons. The molecule has 0 aliphatic carbocycles. The zero-order valence-electron chi connectivity index (χ0n) is 19.5. The number of carbonyl (C=O) groups excluding carboxylic acids is 2. The highest BCUT2D eigenvalue weighted by molar-refractivity contribution is 7.90. The number of aromatic amines is 1. The lowest BCUT2D eigenvalue weighted by molar-refractivity contribution is 0.0910. The zero-order chi connectivity index (χ0) is 24.6. The van der Waals surface area contributed by atoms with E-state index in [1.807, 2.05) is 6.92 Å². The number of hydrogen-bond acceptors (Lipinski definition) is 7. The van der Waals surface area contributed by atoms with Gasteiger partial charge in [-0.1, -0.05) is 20.8 Å². The van der Waals surface area contributed by atoms with E-state index in [2.05, 4.69) is 46.4 Å². The molecule has 0 aliphatic heterocycles. The lowest BCUT2D eigenvalue weighted by Crippen LogP contribution is -2.41. The molecule has 0 saturated heterocycles. The van der Waals surface area contributed by atoms with Crippen molar-refractivity contribution in [3.63, 3.8) is 0 Å². The van der Waals surface area contributed by atoms with Crippen molar-refractivity contribution in [2.24, 2.45) is 5.41 Å². The summed E-state index contributed by atoms with van der Waals surface area (Å²) >= 11 is 1.22. The molecule has 9 nitrogen and oxygen atoms in total. The lowest BCUT2D eigenvalue weighted by atomic mass is 9.88. The van der Waals surface area contributed by atoms with Gasteiger partial charge in [-0.3, -0.25) is 9.59 Å². The Hall–Kier alpha value is -2.79. The summed E-state index contributed by atoms with van der Waals surface area (Å²) in [6.45, 7) is 9.76. The van der Waals surface area contributed by atoms with E-state index in [-0.39, 0.29) is 29.0 Å². The van der Waals surface area contributed by atoms with Gasteiger partial charge >= 0.3 is 0 Å². The van der Waals surface area contributed by atoms with Crippen molar-refractivity contribution < 1.29 is 18.0 Å². The number of thiophene rings is 1. The van der Waals surface area contributed by atoms with Crippen molar-refractivity contribution in [2.75, 3.05) is 12.0 Å². The summed E-state index contributed by atoms with van der Waals surface area (Å²) in [5.74, 6) is -0.721. The van der Waals surface area contributed by atoms with Crippen molar-refractivity contribution >= 4 is 44.2 Å². The fourth-order valence-corrected chi connectivity index (χ4v) is 4.92. The average molecular weight is 492 g/mol. The minimum absolute atomic E-state index is 0.0467. The second-order valence-corrected chi connectivity index (χ2v) is 12.6. The number of nitrogens with zero attached hydrogens (tertiary/aromatic N) is 2. The Morgan fingerprint density at radius 3 is 2.48 bits per heavy atom. The fraction of sp³-hybridized carbons (Fsp3) is 0.455. The summed E-state index contributed by atoms with van der Waals surface area (Å²) in [5.41, 5.74) is 1.79. The molecule has 3 rings (SSSR count). The van der Waals surface area contributed by atoms with Gasteiger partial charge < -0.3 is 15.6 Å². The number of sulfone groups is 1. The van der Waals surface area contributed by atoms with Crippen molar-refractivity contribution in [3.8, 4) is 10.6 Å². The van der Waals surface area contributed by atoms with E-state index in [9.17, 15) is 18.0 Å². The molecular weight excluding hydrogens is 462 g/mol. The summed E-state index contributed by atoms with van der Waals surface area (Å²) in [5, 5.41) is 5.70. The fourth-order valence-electron chi connectivity index (χ4n) is 3.06. The van der Waals surface area contributed by atoms with Crippen LogP contribution in [0.1, 0.15) is 54.6 Å². The summed E-state index contributed by atoms with van der Waals surface area (Å²) in [6.07, 6.45) is 4.31. The second kappa shape index (κ2) is 9.22. The molecule has 0 saturated carbocycles. The molecule has 0 fully saturated rings. The van der Waals surface area contributed by atoms with Gasteiger partial charge in [0.15, 0.2) is 5.65 Å². The summed E-state index contributed by atoms with van der Waals surface area (Å²) in [7, 11) is -3.20. The van der Waals surface area contributed by atoms with Gasteiger partial charge in [0, 0.05) is 24.5 Å². The van der Waals surface area contributed by atoms with Crippen LogP contribution in [-0.2, 0) is 9.84 Å². The molecule has 2 amide bonds. The van der Waals surface area contributed by atoms with Crippen molar-refractivity contribution in [3.05, 3.63) is 35.0 Å². The van der Waals surface area contributed by atoms with Gasteiger partial charge in [0.2, 0.25) is 0 Å². The van der Waals surface area contributed by atoms with E-state index in [4.69, 9.17) is 0 Å². The van der Waals surface area contributed by atoms with E-state index in [0.29, 0.717) is 32.2 Å². The molecule has 3 aromatic heterocycles. The van der Waals surface area contributed by atoms with Gasteiger partial charge in [0.05, 0.1) is 33.0 Å². The van der Waals surface area contributed by atoms with Crippen LogP contribution in [0.2, 0.25) is 0 Å². The number of hydrogen-bond donors (Lipinski definition) is 3. The zero-order valence-corrected chi connectivity index (χ0v) is 21.1. The Balaban J connectivity index is 1.81. The molecule has 0 spiro atoms. The number of nitrogens with one attached hydrogen (secondary N) is 3. The van der Waals surface area contributed by atoms with E-state index >= 15 is 0 Å². The van der Waals surface area contributed by atoms with Crippen LogP contribution in [0, 0.1) is 5.41 Å². The van der Waals surface area contributed by atoms with Gasteiger partial charge in [-0.25, -0.2) is 18.4 Å². The quantitative estimate of drug-likeness (QED) is 0.465. The maximum absolute atomic E-state index is 12.8. The second-order valence-electron chi connectivity index (χ2n) is 9.35. The van der Waals surface area contributed by atoms with E-state index < -0.39 is 15.9 Å². The van der Waals surface area contributed by atoms with Crippen LogP contribution in [0.4, 0.5) is 0 Å². The van der Waals surface area contributed by atoms with Crippen LogP contribution in [0.3, 0.4) is 0 Å². The largest absolute Gasteiger partial charge is 0.349 e. The predicted octanol–water partition coefficient (Wildman–Crippen LogP) is 3.01. The molecule has 0 aliphatic rings. The van der Waals surface area contributed by atoms with Gasteiger partial charge in [-0.2, -0.15) is 0 Å². The summed E-state index contributed by atoms with van der Waals surface area (Å²) < 4.78 is 22.8. The molecule has 0 unspecified atom stereocenters. The Labute approximate surface area is 197 Å². The first-order valence-corrected chi connectivity index (χ1v) is 13.4. The molecule has 0 radical (unpaired) electrons. The molecular formula is C22H29N5O4S2. The highest BCUT2D eigenvalue weighted by atomic mass is 32.2. The van der Waals surface area contributed by atoms with Gasteiger partial charge in [-0.15, -0.1) is 11.3 Å². The van der Waals surface area contributed by atoms with Crippen molar-refractivity contribution in [2.45, 2.75) is 46.7 Å². The minimum Gasteiger partial charge on any atom is -0.349 e. The highest BCUT2D eigenvalue weighted by Gasteiger charge is 2.24. The first kappa shape index (κ1) is 24.8. The lowest BCUT2D eigenvalue weighted by Gasteiger charge is -2.27. The van der Waals surface area contributed by atoms with Crippen molar-refractivity contribution in [1.82, 2.24) is 25.6 Å². The Morgan fingerprint density at radius 2 is 1.85 bits per heavy atom. The minimum atomic E-state index is -3.20. The number of fused-ring (bicyclic) bond motifs is 1. The van der Waals surface area contributed by atoms with Crippen LogP contribution in [-0.4, -0.2) is 59.3 Å². The molecule has 3 N–H and O–H groups in total. The SMILES string of the molecule is C[C@H](CS(C)(=O)=O)NC(=O)c1ccc(-c2cnc3[nH]cc(C(=O)N[C@@H](C)C(C)(C)C)c3n2)s1. The monoisotopic (exact) mass is 491 g/mol. The van der Waals surface area contributed by atoms with Gasteiger partial charge in [0.1, 0.15) is 15.4 Å². The smallest absolute Gasteiger partial charge is 0.261 e. The molecule has 0 aromatic carbocycles. The van der Waals surface area contributed by atoms with Crippen LogP contribution in [0.15, 0.2) is 24.5 Å². The molecule has 2 atom stereocenters. The summed E-state index contributed by atoms with van der Waals surface area (Å²) in [4.78, 5) is 38.4. The Morgan fingerprint density at radius 1 is 1.15 bits per heavy atom. The van der Waals surface area contributed by atoms with Crippen LogP contribution >= 0.6 is 11.3 Å². The molecule has 3 aromatic rings. The molecule has 0 bridgehead atoms. The first-order chi connectivity index (χ1) is 15.2. The third-order valence-electron chi connectivity index (χ3n) is 5.28. The maximum Gasteiger partial charge on any atom is 0.261 e. The number of aromatic nitrogens is 3. The number of amides is 2. The average Bonchev–Trinajstić information content (AvgIpc) is 3.32. The number of H-pyrrole nitrogens is 1. The van der Waals surface area contributed by atoms with Crippen molar-refractivity contribution in [1.29, 1.82) is 0 Å². The third-order valence-corrected chi connectivity index (χ3v) is 7.50. The van der Waals surface area contributed by atoms with Crippen LogP contribution < -0.4 is 10.6 Å². The predicted molar refractivity (Wildman–Crippen MR) is 130 cm³/mol. The number of carbonyl (C=O) groups is 2. The van der Waals surface area contributed by atoms with Gasteiger partial charge in [0.25, 0.3) is 11.8 Å². The van der Waals surface area contributed by atoms with E-state index in [1.54, 1.807) is 31.5 Å². The van der Waals surface area contributed by atoms with E-state index in [1.165, 1.54) is 11.3 Å². The summed E-state index contributed by atoms with van der Waals surface area (Å²) in [6, 6.07) is 2.86. The Bertz CT molecular complexity index is 1290. The first-order valence-electron chi connectivity index (χ1n) is 10.5. The standard InChI is InChI=1S/C22H29N5O4S2/c1-12(11-33(6,30)31)25-21(29)17-8-7-16(32-17)15-10-24-19-18(27-15)14(9-23-19)20(28)26-13(2)22(3,4)5/h7-10,12-13H,11H2,1-6H3,(H,23,24)(H,25,29)(H,26,28)/t12-,13+/m1/s1. The topological polar surface area (TPSA) is 134 Å². The third kappa shape index (κ3) is 6.17. The Kier molecular flexibility index (Phi) is 6.94. The highest BCUT2D eigenvalue weighted by Crippen LogP contribution is 2.28. The molecule has 33 heavy (non-hydrogen) atoms.